The van der Waals surface area contributed by atoms with Gasteiger partial charge in [0.2, 0.25) is 5.91 Å². The Kier molecular flexibility index (Phi) is 5.79. The van der Waals surface area contributed by atoms with E-state index in [1.807, 2.05) is 0 Å². The zero-order chi connectivity index (χ0) is 14.3. The second-order valence-electron chi connectivity index (χ2n) is 5.17. The Labute approximate surface area is 112 Å². The van der Waals surface area contributed by atoms with Crippen LogP contribution in [0.15, 0.2) is 0 Å². The van der Waals surface area contributed by atoms with Gasteiger partial charge in [-0.3, -0.25) is 14.4 Å². The number of hydrogen-bond acceptors (Lipinski definition) is 3. The lowest BCUT2D eigenvalue weighted by molar-refractivity contribution is -0.154. The summed E-state index contributed by atoms with van der Waals surface area (Å²) in [6, 6.07) is 0. The fraction of sp³-hybridized carbons (Fsp3) is 0.769. The van der Waals surface area contributed by atoms with Crippen LogP contribution in [0.1, 0.15) is 51.4 Å². The normalized spacial score (nSPS) is 17.7. The maximum absolute atomic E-state index is 11.7. The van der Waals surface area contributed by atoms with Crippen LogP contribution in [0.2, 0.25) is 0 Å². The summed E-state index contributed by atoms with van der Waals surface area (Å²) in [5.74, 6) is -2.09. The predicted molar refractivity (Wildman–Crippen MR) is 67.7 cm³/mol. The minimum Gasteiger partial charge on any atom is -0.481 e. The van der Waals surface area contributed by atoms with Crippen molar-refractivity contribution in [3.05, 3.63) is 0 Å². The van der Waals surface area contributed by atoms with Gasteiger partial charge in [0.25, 0.3) is 0 Å². The Bertz CT molecular complexity index is 347. The zero-order valence-electron chi connectivity index (χ0n) is 11.0. The molecule has 19 heavy (non-hydrogen) atoms. The second-order valence-corrected chi connectivity index (χ2v) is 5.17. The number of carboxylic acids is 2. The lowest BCUT2D eigenvalue weighted by Crippen LogP contribution is -2.39. The molecule has 0 atom stereocenters. The number of carboxylic acid groups (broad SMARTS) is 2. The van der Waals surface area contributed by atoms with Gasteiger partial charge in [0.15, 0.2) is 0 Å². The molecule has 6 nitrogen and oxygen atoms in total. The Morgan fingerprint density at radius 2 is 1.68 bits per heavy atom. The van der Waals surface area contributed by atoms with Crippen molar-refractivity contribution >= 4 is 17.8 Å². The van der Waals surface area contributed by atoms with Gasteiger partial charge < -0.3 is 15.5 Å². The predicted octanol–water partition coefficient (Wildman–Crippen LogP) is 1.39. The summed E-state index contributed by atoms with van der Waals surface area (Å²) < 4.78 is 0. The number of hydrogen-bond donors (Lipinski definition) is 3. The monoisotopic (exact) mass is 271 g/mol. The van der Waals surface area contributed by atoms with Crippen LogP contribution in [0.5, 0.6) is 0 Å². The highest BCUT2D eigenvalue weighted by Crippen LogP contribution is 2.39. The first-order valence-electron chi connectivity index (χ1n) is 6.68. The maximum Gasteiger partial charge on any atom is 0.310 e. The average molecular weight is 271 g/mol. The van der Waals surface area contributed by atoms with Gasteiger partial charge in [-0.2, -0.15) is 0 Å². The number of carbonyl (C=O) groups is 3. The molecule has 0 unspecified atom stereocenters. The van der Waals surface area contributed by atoms with Crippen molar-refractivity contribution in [2.24, 2.45) is 5.41 Å². The lowest BCUT2D eigenvalue weighted by atomic mass is 9.71. The molecule has 0 aromatic heterocycles. The molecule has 0 saturated heterocycles. The van der Waals surface area contributed by atoms with E-state index in [0.29, 0.717) is 19.3 Å². The van der Waals surface area contributed by atoms with E-state index in [0.717, 1.165) is 19.3 Å². The van der Waals surface area contributed by atoms with Gasteiger partial charge in [0, 0.05) is 19.4 Å². The molecule has 1 aliphatic carbocycles. The number of rotatable bonds is 7. The van der Waals surface area contributed by atoms with Gasteiger partial charge in [-0.15, -0.1) is 0 Å². The van der Waals surface area contributed by atoms with E-state index < -0.39 is 17.4 Å². The van der Waals surface area contributed by atoms with E-state index >= 15 is 0 Å². The first-order chi connectivity index (χ1) is 8.96. The van der Waals surface area contributed by atoms with Gasteiger partial charge in [-0.25, -0.2) is 0 Å². The quantitative estimate of drug-likeness (QED) is 0.607. The van der Waals surface area contributed by atoms with Crippen LogP contribution in [0, 0.1) is 5.41 Å². The van der Waals surface area contributed by atoms with Crippen LogP contribution >= 0.6 is 0 Å². The second kappa shape index (κ2) is 7.11. The molecule has 0 aromatic rings. The molecule has 0 spiro atoms. The third-order valence-electron chi connectivity index (χ3n) is 3.65. The number of aliphatic carboxylic acids is 2. The topological polar surface area (TPSA) is 104 Å². The van der Waals surface area contributed by atoms with E-state index in [4.69, 9.17) is 5.11 Å². The van der Waals surface area contributed by atoms with E-state index in [9.17, 15) is 19.5 Å². The van der Waals surface area contributed by atoms with Crippen LogP contribution < -0.4 is 5.32 Å². The first kappa shape index (κ1) is 15.5. The zero-order valence-corrected chi connectivity index (χ0v) is 11.0. The van der Waals surface area contributed by atoms with Crippen molar-refractivity contribution in [1.82, 2.24) is 5.32 Å². The highest BCUT2D eigenvalue weighted by molar-refractivity contribution is 5.85. The minimum atomic E-state index is -0.921. The number of amides is 1. The summed E-state index contributed by atoms with van der Waals surface area (Å²) in [6.07, 6.45) is 4.17. The Morgan fingerprint density at radius 1 is 1.05 bits per heavy atom. The summed E-state index contributed by atoms with van der Waals surface area (Å²) >= 11 is 0. The molecule has 108 valence electrons. The van der Waals surface area contributed by atoms with Crippen molar-refractivity contribution in [3.63, 3.8) is 0 Å². The van der Waals surface area contributed by atoms with E-state index in [-0.39, 0.29) is 25.3 Å². The van der Waals surface area contributed by atoms with E-state index in [2.05, 4.69) is 5.32 Å². The summed E-state index contributed by atoms with van der Waals surface area (Å²) in [4.78, 5) is 33.4. The largest absolute Gasteiger partial charge is 0.481 e. The highest BCUT2D eigenvalue weighted by Gasteiger charge is 2.41. The molecular formula is C13H21NO5. The van der Waals surface area contributed by atoms with Gasteiger partial charge in [0.05, 0.1) is 5.41 Å². The summed E-state index contributed by atoms with van der Waals surface area (Å²) in [5, 5.41) is 20.4. The van der Waals surface area contributed by atoms with Crippen LogP contribution in [0.3, 0.4) is 0 Å². The third-order valence-corrected chi connectivity index (χ3v) is 3.65. The average Bonchev–Trinajstić information content (AvgIpc) is 2.35. The molecule has 0 radical (unpaired) electrons. The standard InChI is InChI=1S/C13H21NO5/c15-10(14-8-4-5-11(16)17)9-13(12(18)19)6-2-1-3-7-13/h1-9H2,(H,14,15)(H,16,17)(H,18,19). The van der Waals surface area contributed by atoms with Crippen LogP contribution in [0.25, 0.3) is 0 Å². The Hall–Kier alpha value is -1.59. The molecule has 0 bridgehead atoms. The summed E-state index contributed by atoms with van der Waals surface area (Å²) in [7, 11) is 0. The van der Waals surface area contributed by atoms with Crippen LogP contribution in [0.4, 0.5) is 0 Å². The lowest BCUT2D eigenvalue weighted by Gasteiger charge is -2.32. The molecule has 0 heterocycles. The van der Waals surface area contributed by atoms with Gasteiger partial charge in [-0.1, -0.05) is 19.3 Å². The Morgan fingerprint density at radius 3 is 2.21 bits per heavy atom. The summed E-state index contributed by atoms with van der Waals surface area (Å²) in [5.41, 5.74) is -0.921. The van der Waals surface area contributed by atoms with Gasteiger partial charge in [0.1, 0.15) is 0 Å². The third kappa shape index (κ3) is 4.89. The van der Waals surface area contributed by atoms with E-state index in [1.54, 1.807) is 0 Å². The molecule has 1 amide bonds. The van der Waals surface area contributed by atoms with Crippen molar-refractivity contribution in [3.8, 4) is 0 Å². The fourth-order valence-corrected chi connectivity index (χ4v) is 2.53. The molecule has 0 aromatic carbocycles. The molecule has 1 aliphatic rings. The summed E-state index contributed by atoms with van der Waals surface area (Å²) in [6.45, 7) is 0.279. The maximum atomic E-state index is 11.7. The minimum absolute atomic E-state index is 0.00432. The smallest absolute Gasteiger partial charge is 0.310 e. The molecule has 1 rings (SSSR count). The first-order valence-corrected chi connectivity index (χ1v) is 6.68. The SMILES string of the molecule is O=C(O)CCCNC(=O)CC1(C(=O)O)CCCCC1. The van der Waals surface area contributed by atoms with Crippen molar-refractivity contribution < 1.29 is 24.6 Å². The number of carbonyl (C=O) groups excluding carboxylic acids is 1. The van der Waals surface area contributed by atoms with E-state index in [1.165, 1.54) is 0 Å². The molecule has 0 aliphatic heterocycles. The fourth-order valence-electron chi connectivity index (χ4n) is 2.53. The number of nitrogens with one attached hydrogen (secondary N) is 1. The molecular weight excluding hydrogens is 250 g/mol. The van der Waals surface area contributed by atoms with Crippen molar-refractivity contribution in [1.29, 1.82) is 0 Å². The highest BCUT2D eigenvalue weighted by atomic mass is 16.4. The van der Waals surface area contributed by atoms with Gasteiger partial charge in [-0.05, 0) is 19.3 Å². The Balaban J connectivity index is 2.39. The van der Waals surface area contributed by atoms with Gasteiger partial charge >= 0.3 is 11.9 Å². The molecule has 6 heteroatoms. The van der Waals surface area contributed by atoms with Crippen molar-refractivity contribution in [2.45, 2.75) is 51.4 Å². The molecule has 3 N–H and O–H groups in total. The van der Waals surface area contributed by atoms with Crippen molar-refractivity contribution in [2.75, 3.05) is 6.54 Å². The van der Waals surface area contributed by atoms with Crippen LogP contribution in [-0.2, 0) is 14.4 Å². The molecule has 1 saturated carbocycles. The molecule has 1 fully saturated rings. The van der Waals surface area contributed by atoms with Crippen LogP contribution in [-0.4, -0.2) is 34.6 Å².